The van der Waals surface area contributed by atoms with E-state index >= 15 is 0 Å². The van der Waals surface area contributed by atoms with Crippen LogP contribution in [0.2, 0.25) is 0 Å². The number of aryl methyl sites for hydroxylation is 1. The molecular formula is C17H15BrF2N8. The second-order valence-corrected chi connectivity index (χ2v) is 7.10. The number of nitrogens with zero attached hydrogens (tertiary/aromatic N) is 8. The van der Waals surface area contributed by atoms with Gasteiger partial charge in [-0.15, -0.1) is 5.10 Å². The number of hydrogen-bond acceptors (Lipinski definition) is 5. The Morgan fingerprint density at radius 2 is 1.86 bits per heavy atom. The summed E-state index contributed by atoms with van der Waals surface area (Å²) >= 11 is 3.38. The van der Waals surface area contributed by atoms with Crippen molar-refractivity contribution < 1.29 is 8.78 Å². The lowest BCUT2D eigenvalue weighted by Gasteiger charge is -2.16. The van der Waals surface area contributed by atoms with Crippen LogP contribution in [0.15, 0.2) is 53.8 Å². The standard InChI is InChI=1S/C17H15BrF2N8/c1-26-16(8-22-25-26)12-6-24-27(10-12)15(14-3-2-13(18)7-21-14)4-11-5-23-28(9-11)17(19)20/h2-3,5-10,15,17H,4H2,1H3. The molecule has 4 heterocycles. The molecule has 4 aromatic rings. The highest BCUT2D eigenvalue weighted by molar-refractivity contribution is 9.10. The lowest BCUT2D eigenvalue weighted by molar-refractivity contribution is 0.0565. The molecule has 0 radical (unpaired) electrons. The van der Waals surface area contributed by atoms with Crippen molar-refractivity contribution in [3.05, 3.63) is 65.0 Å². The van der Waals surface area contributed by atoms with Gasteiger partial charge >= 0.3 is 6.55 Å². The van der Waals surface area contributed by atoms with Crippen LogP contribution in [0.1, 0.15) is 23.8 Å². The van der Waals surface area contributed by atoms with Crippen molar-refractivity contribution in [2.45, 2.75) is 19.0 Å². The van der Waals surface area contributed by atoms with E-state index in [1.54, 1.807) is 35.0 Å². The molecule has 28 heavy (non-hydrogen) atoms. The fourth-order valence-electron chi connectivity index (χ4n) is 2.92. The molecule has 0 spiro atoms. The van der Waals surface area contributed by atoms with Gasteiger partial charge in [-0.25, -0.2) is 9.36 Å². The fourth-order valence-corrected chi connectivity index (χ4v) is 3.16. The zero-order valence-corrected chi connectivity index (χ0v) is 16.3. The number of aromatic nitrogens is 8. The van der Waals surface area contributed by atoms with Crippen molar-refractivity contribution in [3.63, 3.8) is 0 Å². The van der Waals surface area contributed by atoms with E-state index in [1.165, 1.54) is 12.4 Å². The molecule has 8 nitrogen and oxygen atoms in total. The maximum absolute atomic E-state index is 12.9. The molecule has 0 amide bonds. The zero-order valence-electron chi connectivity index (χ0n) is 14.7. The number of halogens is 3. The number of pyridine rings is 1. The molecule has 4 aromatic heterocycles. The molecule has 0 saturated carbocycles. The van der Waals surface area contributed by atoms with Crippen molar-refractivity contribution in [1.29, 1.82) is 0 Å². The van der Waals surface area contributed by atoms with Gasteiger partial charge in [0.25, 0.3) is 0 Å². The van der Waals surface area contributed by atoms with Crippen LogP contribution in [0.25, 0.3) is 11.3 Å². The van der Waals surface area contributed by atoms with Crippen molar-refractivity contribution in [2.75, 3.05) is 0 Å². The molecule has 0 saturated heterocycles. The lowest BCUT2D eigenvalue weighted by atomic mass is 10.1. The predicted octanol–water partition coefficient (Wildman–Crippen LogP) is 3.26. The van der Waals surface area contributed by atoms with Crippen molar-refractivity contribution >= 4 is 15.9 Å². The SMILES string of the molecule is Cn1nncc1-c1cnn(C(Cc2cnn(C(F)F)c2)c2ccc(Br)cn2)c1. The Labute approximate surface area is 166 Å². The van der Waals surface area contributed by atoms with Gasteiger partial charge in [0.15, 0.2) is 0 Å². The van der Waals surface area contributed by atoms with Gasteiger partial charge in [0.05, 0.1) is 36.0 Å². The second-order valence-electron chi connectivity index (χ2n) is 6.18. The number of alkyl halides is 2. The molecule has 1 atom stereocenters. The van der Waals surface area contributed by atoms with Crippen molar-refractivity contribution in [3.8, 4) is 11.3 Å². The summed E-state index contributed by atoms with van der Waals surface area (Å²) in [5.41, 5.74) is 3.08. The average Bonchev–Trinajstić information content (AvgIpc) is 3.41. The normalized spacial score (nSPS) is 12.6. The topological polar surface area (TPSA) is 79.2 Å². The van der Waals surface area contributed by atoms with E-state index < -0.39 is 6.55 Å². The highest BCUT2D eigenvalue weighted by atomic mass is 79.9. The molecule has 4 rings (SSSR count). The molecule has 0 fully saturated rings. The summed E-state index contributed by atoms with van der Waals surface area (Å²) in [4.78, 5) is 4.47. The van der Waals surface area contributed by atoms with E-state index in [0.29, 0.717) is 16.7 Å². The third kappa shape index (κ3) is 3.70. The third-order valence-electron chi connectivity index (χ3n) is 4.31. The third-order valence-corrected chi connectivity index (χ3v) is 4.78. The molecule has 0 N–H and O–H groups in total. The first-order valence-electron chi connectivity index (χ1n) is 8.33. The molecule has 0 bridgehead atoms. The van der Waals surface area contributed by atoms with E-state index in [1.807, 2.05) is 18.3 Å². The van der Waals surface area contributed by atoms with Crippen LogP contribution < -0.4 is 0 Å². The maximum Gasteiger partial charge on any atom is 0.333 e. The summed E-state index contributed by atoms with van der Waals surface area (Å²) in [6.07, 6.45) is 10.1. The fraction of sp³-hybridized carbons (Fsp3) is 0.235. The minimum absolute atomic E-state index is 0.293. The number of hydrogen-bond donors (Lipinski definition) is 0. The van der Waals surface area contributed by atoms with Crippen molar-refractivity contribution in [2.24, 2.45) is 7.05 Å². The number of rotatable bonds is 6. The summed E-state index contributed by atoms with van der Waals surface area (Å²) in [5, 5.41) is 16.0. The van der Waals surface area contributed by atoms with E-state index in [2.05, 4.69) is 41.4 Å². The molecule has 0 aliphatic heterocycles. The first kappa shape index (κ1) is 18.4. The van der Waals surface area contributed by atoms with Gasteiger partial charge in [-0.05, 0) is 33.6 Å². The Balaban J connectivity index is 1.69. The summed E-state index contributed by atoms with van der Waals surface area (Å²) in [5.74, 6) is 0. The molecule has 1 unspecified atom stereocenters. The first-order chi connectivity index (χ1) is 13.5. The van der Waals surface area contributed by atoms with Gasteiger partial charge in [-0.1, -0.05) is 5.21 Å². The van der Waals surface area contributed by atoms with Crippen LogP contribution in [-0.4, -0.2) is 39.5 Å². The van der Waals surface area contributed by atoms with Gasteiger partial charge in [0.2, 0.25) is 0 Å². The summed E-state index contributed by atoms with van der Waals surface area (Å²) in [7, 11) is 1.80. The largest absolute Gasteiger partial charge is 0.333 e. The van der Waals surface area contributed by atoms with E-state index in [9.17, 15) is 8.78 Å². The van der Waals surface area contributed by atoms with Gasteiger partial charge in [0, 0.05) is 42.1 Å². The molecule has 144 valence electrons. The van der Waals surface area contributed by atoms with Crippen LogP contribution >= 0.6 is 15.9 Å². The van der Waals surface area contributed by atoms with Gasteiger partial charge in [-0.2, -0.15) is 19.0 Å². The van der Waals surface area contributed by atoms with E-state index in [-0.39, 0.29) is 6.04 Å². The van der Waals surface area contributed by atoms with Crippen LogP contribution in [0, 0.1) is 0 Å². The van der Waals surface area contributed by atoms with Crippen LogP contribution in [-0.2, 0) is 13.5 Å². The Morgan fingerprint density at radius 1 is 1.04 bits per heavy atom. The second kappa shape index (κ2) is 7.58. The summed E-state index contributed by atoms with van der Waals surface area (Å²) < 4.78 is 30.6. The smallest absolute Gasteiger partial charge is 0.263 e. The molecule has 0 aliphatic carbocycles. The van der Waals surface area contributed by atoms with E-state index in [4.69, 9.17) is 0 Å². The highest BCUT2D eigenvalue weighted by Crippen LogP contribution is 2.25. The average molecular weight is 449 g/mol. The van der Waals surface area contributed by atoms with Crippen molar-refractivity contribution in [1.82, 2.24) is 39.5 Å². The van der Waals surface area contributed by atoms with Crippen LogP contribution in [0.3, 0.4) is 0 Å². The van der Waals surface area contributed by atoms with Crippen LogP contribution in [0.4, 0.5) is 8.78 Å². The summed E-state index contributed by atoms with van der Waals surface area (Å²) in [6.45, 7) is -2.67. The Hall–Kier alpha value is -2.95. The molecule has 0 aromatic carbocycles. The van der Waals surface area contributed by atoms with E-state index in [0.717, 1.165) is 21.4 Å². The lowest BCUT2D eigenvalue weighted by Crippen LogP contribution is -2.15. The molecule has 11 heteroatoms. The minimum atomic E-state index is -2.67. The highest BCUT2D eigenvalue weighted by Gasteiger charge is 2.20. The summed E-state index contributed by atoms with van der Waals surface area (Å²) in [6, 6.07) is 3.46. The van der Waals surface area contributed by atoms with Gasteiger partial charge < -0.3 is 0 Å². The van der Waals surface area contributed by atoms with Crippen LogP contribution in [0.5, 0.6) is 0 Å². The van der Waals surface area contributed by atoms with Gasteiger partial charge in [-0.3, -0.25) is 9.67 Å². The molecule has 0 aliphatic rings. The van der Waals surface area contributed by atoms with Gasteiger partial charge in [0.1, 0.15) is 0 Å². The Kier molecular flexibility index (Phi) is 4.99. The Bertz CT molecular complexity index is 1070. The maximum atomic E-state index is 12.9. The molecular weight excluding hydrogens is 434 g/mol. The quantitative estimate of drug-likeness (QED) is 0.452. The zero-order chi connectivity index (χ0) is 19.7. The minimum Gasteiger partial charge on any atom is -0.263 e. The monoisotopic (exact) mass is 448 g/mol. The predicted molar refractivity (Wildman–Crippen MR) is 99.5 cm³/mol. The Morgan fingerprint density at radius 3 is 2.50 bits per heavy atom. The first-order valence-corrected chi connectivity index (χ1v) is 9.12.